The number of benzene rings is 1. The Bertz CT molecular complexity index is 516. The van der Waals surface area contributed by atoms with Gasteiger partial charge in [-0.3, -0.25) is 9.69 Å². The van der Waals surface area contributed by atoms with Gasteiger partial charge < -0.3 is 5.11 Å². The second-order valence-corrected chi connectivity index (χ2v) is 6.51. The minimum absolute atomic E-state index is 0.169. The van der Waals surface area contributed by atoms with Crippen LogP contribution in [0.15, 0.2) is 24.3 Å². The lowest BCUT2D eigenvalue weighted by Crippen LogP contribution is -2.45. The minimum Gasteiger partial charge on any atom is -0.480 e. The van der Waals surface area contributed by atoms with Gasteiger partial charge in [0.15, 0.2) is 0 Å². The van der Waals surface area contributed by atoms with Gasteiger partial charge in [-0.05, 0) is 55.7 Å². The molecule has 4 heteroatoms. The third-order valence-electron chi connectivity index (χ3n) is 5.19. The second kappa shape index (κ2) is 5.76. The van der Waals surface area contributed by atoms with E-state index in [0.29, 0.717) is 11.8 Å². The molecule has 3 nitrogen and oxygen atoms in total. The zero-order valence-corrected chi connectivity index (χ0v) is 12.3. The normalized spacial score (nSPS) is 30.3. The molecule has 1 aromatic carbocycles. The molecule has 1 heterocycles. The quantitative estimate of drug-likeness (QED) is 0.927. The standard InChI is InChI=1S/C17H22FNO2/c1-11(9-12-5-7-14(18)8-6-12)19-10-13-3-2-4-15(13)16(19)17(20)21/h5-8,11,13,15-16H,2-4,9-10H2,1H3,(H,20,21). The van der Waals surface area contributed by atoms with Crippen LogP contribution in [0.25, 0.3) is 0 Å². The van der Waals surface area contributed by atoms with Gasteiger partial charge in [-0.25, -0.2) is 4.39 Å². The third-order valence-corrected chi connectivity index (χ3v) is 5.19. The molecule has 1 N–H and O–H groups in total. The van der Waals surface area contributed by atoms with Crippen LogP contribution in [-0.4, -0.2) is 34.6 Å². The first-order chi connectivity index (χ1) is 10.1. The zero-order chi connectivity index (χ0) is 15.0. The van der Waals surface area contributed by atoms with Crippen LogP contribution < -0.4 is 0 Å². The molecule has 2 aliphatic rings. The topological polar surface area (TPSA) is 40.5 Å². The number of halogens is 1. The zero-order valence-electron chi connectivity index (χ0n) is 12.3. The summed E-state index contributed by atoms with van der Waals surface area (Å²) in [6.07, 6.45) is 4.14. The van der Waals surface area contributed by atoms with Gasteiger partial charge >= 0.3 is 5.97 Å². The molecule has 0 radical (unpaired) electrons. The molecule has 0 amide bonds. The highest BCUT2D eigenvalue weighted by atomic mass is 19.1. The summed E-state index contributed by atoms with van der Waals surface area (Å²) >= 11 is 0. The van der Waals surface area contributed by atoms with Crippen LogP contribution in [0.2, 0.25) is 0 Å². The lowest BCUT2D eigenvalue weighted by Gasteiger charge is -2.30. The molecule has 1 aliphatic heterocycles. The van der Waals surface area contributed by atoms with Crippen molar-refractivity contribution in [2.45, 2.75) is 44.7 Å². The molecule has 0 spiro atoms. The van der Waals surface area contributed by atoms with Crippen LogP contribution in [0.3, 0.4) is 0 Å². The Morgan fingerprint density at radius 1 is 1.38 bits per heavy atom. The number of aliphatic carboxylic acids is 1. The van der Waals surface area contributed by atoms with Gasteiger partial charge in [0, 0.05) is 12.6 Å². The molecule has 1 saturated carbocycles. The highest BCUT2D eigenvalue weighted by molar-refractivity contribution is 5.74. The predicted molar refractivity (Wildman–Crippen MR) is 78.5 cm³/mol. The first kappa shape index (κ1) is 14.5. The van der Waals surface area contributed by atoms with Crippen LogP contribution in [0.4, 0.5) is 4.39 Å². The SMILES string of the molecule is CC(Cc1ccc(F)cc1)N1CC2CCCC2C1C(=O)O. The van der Waals surface area contributed by atoms with Crippen LogP contribution in [-0.2, 0) is 11.2 Å². The van der Waals surface area contributed by atoms with Crippen molar-refractivity contribution in [3.05, 3.63) is 35.6 Å². The molecule has 4 atom stereocenters. The molecule has 0 aromatic heterocycles. The Labute approximate surface area is 124 Å². The Kier molecular flexibility index (Phi) is 3.98. The summed E-state index contributed by atoms with van der Waals surface area (Å²) in [5, 5.41) is 9.59. The maximum atomic E-state index is 13.0. The lowest BCUT2D eigenvalue weighted by atomic mass is 9.94. The molecule has 2 fully saturated rings. The molecule has 21 heavy (non-hydrogen) atoms. The Morgan fingerprint density at radius 2 is 2.10 bits per heavy atom. The second-order valence-electron chi connectivity index (χ2n) is 6.51. The summed E-state index contributed by atoms with van der Waals surface area (Å²) in [4.78, 5) is 13.8. The van der Waals surface area contributed by atoms with Crippen molar-refractivity contribution in [2.75, 3.05) is 6.54 Å². The van der Waals surface area contributed by atoms with Crippen LogP contribution in [0, 0.1) is 17.7 Å². The minimum atomic E-state index is -0.685. The number of rotatable bonds is 4. The predicted octanol–water partition coefficient (Wildman–Crippen LogP) is 2.94. The fourth-order valence-electron chi connectivity index (χ4n) is 4.20. The van der Waals surface area contributed by atoms with Gasteiger partial charge in [0.1, 0.15) is 11.9 Å². The fraction of sp³-hybridized carbons (Fsp3) is 0.588. The van der Waals surface area contributed by atoms with E-state index < -0.39 is 5.97 Å². The van der Waals surface area contributed by atoms with E-state index in [1.807, 2.05) is 0 Å². The number of carboxylic acids is 1. The molecular formula is C17H22FNO2. The van der Waals surface area contributed by atoms with Crippen molar-refractivity contribution in [3.63, 3.8) is 0 Å². The maximum absolute atomic E-state index is 13.0. The fourth-order valence-corrected chi connectivity index (χ4v) is 4.20. The average molecular weight is 291 g/mol. The number of carboxylic acid groups (broad SMARTS) is 1. The largest absolute Gasteiger partial charge is 0.480 e. The first-order valence-electron chi connectivity index (χ1n) is 7.79. The Balaban J connectivity index is 1.72. The van der Waals surface area contributed by atoms with Crippen LogP contribution in [0.1, 0.15) is 31.7 Å². The lowest BCUT2D eigenvalue weighted by molar-refractivity contribution is -0.144. The molecule has 1 saturated heterocycles. The monoisotopic (exact) mass is 291 g/mol. The number of carbonyl (C=O) groups is 1. The summed E-state index contributed by atoms with van der Waals surface area (Å²) in [5.41, 5.74) is 1.06. The van der Waals surface area contributed by atoms with Gasteiger partial charge in [0.2, 0.25) is 0 Å². The summed E-state index contributed by atoms with van der Waals surface area (Å²) in [5.74, 6) is -0.0548. The van der Waals surface area contributed by atoms with Crippen LogP contribution in [0.5, 0.6) is 0 Å². The number of nitrogens with zero attached hydrogens (tertiary/aromatic N) is 1. The maximum Gasteiger partial charge on any atom is 0.321 e. The van der Waals surface area contributed by atoms with Crippen LogP contribution >= 0.6 is 0 Å². The van der Waals surface area contributed by atoms with Gasteiger partial charge in [-0.1, -0.05) is 18.6 Å². The summed E-state index contributed by atoms with van der Waals surface area (Å²) in [7, 11) is 0. The van der Waals surface area contributed by atoms with E-state index in [0.717, 1.165) is 31.4 Å². The van der Waals surface area contributed by atoms with Crippen molar-refractivity contribution in [1.29, 1.82) is 0 Å². The van der Waals surface area contributed by atoms with Crippen molar-refractivity contribution >= 4 is 5.97 Å². The van der Waals surface area contributed by atoms with Gasteiger partial charge in [0.05, 0.1) is 0 Å². The van der Waals surface area contributed by atoms with E-state index in [2.05, 4.69) is 11.8 Å². The number of hydrogen-bond donors (Lipinski definition) is 1. The highest BCUT2D eigenvalue weighted by Gasteiger charge is 2.48. The first-order valence-corrected chi connectivity index (χ1v) is 7.79. The number of likely N-dealkylation sites (tertiary alicyclic amines) is 1. The summed E-state index contributed by atoms with van der Waals surface area (Å²) in [6.45, 7) is 2.98. The molecule has 3 rings (SSSR count). The van der Waals surface area contributed by atoms with Crippen molar-refractivity contribution in [1.82, 2.24) is 4.90 Å². The van der Waals surface area contributed by atoms with Gasteiger partial charge in [0.25, 0.3) is 0 Å². The van der Waals surface area contributed by atoms with E-state index in [1.54, 1.807) is 12.1 Å². The van der Waals surface area contributed by atoms with Crippen molar-refractivity contribution in [2.24, 2.45) is 11.8 Å². The molecule has 1 aliphatic carbocycles. The number of fused-ring (bicyclic) bond motifs is 1. The summed E-state index contributed by atoms with van der Waals surface area (Å²) in [6, 6.07) is 6.34. The molecule has 4 unspecified atom stereocenters. The summed E-state index contributed by atoms with van der Waals surface area (Å²) < 4.78 is 13.0. The van der Waals surface area contributed by atoms with Gasteiger partial charge in [-0.15, -0.1) is 0 Å². The van der Waals surface area contributed by atoms with E-state index in [9.17, 15) is 14.3 Å². The van der Waals surface area contributed by atoms with E-state index in [4.69, 9.17) is 0 Å². The molecular weight excluding hydrogens is 269 g/mol. The van der Waals surface area contributed by atoms with Gasteiger partial charge in [-0.2, -0.15) is 0 Å². The van der Waals surface area contributed by atoms with E-state index in [-0.39, 0.29) is 17.9 Å². The smallest absolute Gasteiger partial charge is 0.321 e. The highest BCUT2D eigenvalue weighted by Crippen LogP contribution is 2.43. The molecule has 0 bridgehead atoms. The molecule has 1 aromatic rings. The van der Waals surface area contributed by atoms with Crippen molar-refractivity contribution < 1.29 is 14.3 Å². The van der Waals surface area contributed by atoms with E-state index in [1.165, 1.54) is 18.6 Å². The average Bonchev–Trinajstić information content (AvgIpc) is 3.00. The Hall–Kier alpha value is -1.42. The molecule has 114 valence electrons. The number of hydrogen-bond acceptors (Lipinski definition) is 2. The van der Waals surface area contributed by atoms with Crippen molar-refractivity contribution in [3.8, 4) is 0 Å². The van der Waals surface area contributed by atoms with E-state index >= 15 is 0 Å². The third kappa shape index (κ3) is 2.82. The Morgan fingerprint density at radius 3 is 2.76 bits per heavy atom.